The highest BCUT2D eigenvalue weighted by molar-refractivity contribution is 7.11. The van der Waals surface area contributed by atoms with Crippen molar-refractivity contribution >= 4 is 40.7 Å². The van der Waals surface area contributed by atoms with Crippen molar-refractivity contribution in [1.82, 2.24) is 15.2 Å². The molecule has 0 bridgehead atoms. The Labute approximate surface area is 269 Å². The quantitative estimate of drug-likeness (QED) is 0.312. The molecule has 0 aliphatic carbocycles. The normalized spacial score (nSPS) is 24.8. The van der Waals surface area contributed by atoms with E-state index in [1.54, 1.807) is 51.2 Å². The largest absolute Gasteiger partial charge is 0.478 e. The van der Waals surface area contributed by atoms with Gasteiger partial charge in [-0.25, -0.2) is 19.0 Å². The number of benzene rings is 2. The molecule has 0 saturated carbocycles. The molecule has 11 nitrogen and oxygen atoms in total. The van der Waals surface area contributed by atoms with E-state index in [0.717, 1.165) is 0 Å². The molecule has 0 radical (unpaired) electrons. The summed E-state index contributed by atoms with van der Waals surface area (Å²) >= 11 is 1.37. The molecule has 3 atom stereocenters. The van der Waals surface area contributed by atoms with Crippen LogP contribution in [0.5, 0.6) is 0 Å². The predicted molar refractivity (Wildman–Crippen MR) is 169 cm³/mol. The lowest BCUT2D eigenvalue weighted by Gasteiger charge is -2.46. The number of β-amino-alcohol motifs (C(OH)–C–C–N with tert-alkyl or cyclic N) is 1. The molecule has 2 saturated heterocycles. The molecule has 3 aliphatic heterocycles. The number of rotatable bonds is 8. The van der Waals surface area contributed by atoms with E-state index in [4.69, 9.17) is 9.73 Å². The summed E-state index contributed by atoms with van der Waals surface area (Å²) in [5.41, 5.74) is -0.316. The molecule has 2 aromatic carbocycles. The molecule has 3 aliphatic rings. The van der Waals surface area contributed by atoms with Crippen LogP contribution >= 0.6 is 11.3 Å². The van der Waals surface area contributed by atoms with Gasteiger partial charge in [-0.1, -0.05) is 12.1 Å². The molecule has 6 rings (SSSR count). The van der Waals surface area contributed by atoms with E-state index >= 15 is 0 Å². The molecule has 0 unspecified atom stereocenters. The zero-order valence-electron chi connectivity index (χ0n) is 25.6. The second-order valence-electron chi connectivity index (χ2n) is 12.0. The van der Waals surface area contributed by atoms with Crippen molar-refractivity contribution in [3.8, 4) is 0 Å². The summed E-state index contributed by atoms with van der Waals surface area (Å²) in [5, 5.41) is 27.1. The average Bonchev–Trinajstić information content (AvgIpc) is 3.64. The number of carbonyl (C=O) groups excluding carboxylic acids is 2. The number of aliphatic hydroxyl groups is 1. The van der Waals surface area contributed by atoms with Crippen LogP contribution < -0.4 is 10.2 Å². The number of aromatic nitrogens is 1. The summed E-state index contributed by atoms with van der Waals surface area (Å²) in [6.07, 6.45) is 1.99. The number of ether oxygens (including phenoxy) is 1. The van der Waals surface area contributed by atoms with E-state index in [1.807, 2.05) is 10.3 Å². The second kappa shape index (κ2) is 12.0. The van der Waals surface area contributed by atoms with Crippen molar-refractivity contribution in [2.24, 2.45) is 10.4 Å². The van der Waals surface area contributed by atoms with Crippen LogP contribution in [0.25, 0.3) is 0 Å². The molecule has 13 heteroatoms. The van der Waals surface area contributed by atoms with Crippen molar-refractivity contribution in [2.75, 3.05) is 37.7 Å². The summed E-state index contributed by atoms with van der Waals surface area (Å²) in [6.45, 7) is 5.99. The molecule has 2 fully saturated rings. The molecule has 3 aromatic rings. The maximum atomic E-state index is 14.8. The minimum atomic E-state index is -1.45. The number of fused-ring (bicyclic) bond motifs is 1. The number of esters is 1. The highest BCUT2D eigenvalue weighted by atomic mass is 32.1. The Morgan fingerprint density at radius 2 is 1.96 bits per heavy atom. The minimum Gasteiger partial charge on any atom is -0.478 e. The van der Waals surface area contributed by atoms with Gasteiger partial charge in [0.2, 0.25) is 5.91 Å². The fourth-order valence-corrected chi connectivity index (χ4v) is 7.10. The van der Waals surface area contributed by atoms with E-state index in [1.165, 1.54) is 34.4 Å². The van der Waals surface area contributed by atoms with Gasteiger partial charge in [0, 0.05) is 36.1 Å². The smallest absolute Gasteiger partial charge is 0.338 e. The monoisotopic (exact) mass is 647 g/mol. The van der Waals surface area contributed by atoms with Gasteiger partial charge >= 0.3 is 11.9 Å². The van der Waals surface area contributed by atoms with Crippen LogP contribution in [0, 0.1) is 18.2 Å². The SMILES string of the molecule is CCOC(=O)C1=C(CN2CC[C@]3(C)C(=O)N(c4ccc(C(=O)O)cc4)C[C@]3(O)C2)NC(c2nccs2)=N[C@H]1c1cccc(F)c1C. The van der Waals surface area contributed by atoms with Gasteiger partial charge in [-0.2, -0.15) is 0 Å². The number of amidine groups is 1. The van der Waals surface area contributed by atoms with E-state index in [9.17, 15) is 29.0 Å². The zero-order valence-corrected chi connectivity index (χ0v) is 26.4. The molecule has 240 valence electrons. The summed E-state index contributed by atoms with van der Waals surface area (Å²) < 4.78 is 20.3. The highest BCUT2D eigenvalue weighted by Crippen LogP contribution is 2.48. The second-order valence-corrected chi connectivity index (χ2v) is 12.9. The number of hydrogen-bond acceptors (Lipinski definition) is 10. The van der Waals surface area contributed by atoms with Crippen LogP contribution in [0.3, 0.4) is 0 Å². The molecular weight excluding hydrogens is 613 g/mol. The van der Waals surface area contributed by atoms with Gasteiger partial charge in [-0.3, -0.25) is 14.7 Å². The van der Waals surface area contributed by atoms with Gasteiger partial charge in [-0.15, -0.1) is 11.3 Å². The van der Waals surface area contributed by atoms with Gasteiger partial charge in [-0.05, 0) is 75.2 Å². The number of piperidine rings is 1. The van der Waals surface area contributed by atoms with E-state index < -0.39 is 34.8 Å². The van der Waals surface area contributed by atoms with Gasteiger partial charge in [0.1, 0.15) is 17.5 Å². The first kappa shape index (κ1) is 31.5. The summed E-state index contributed by atoms with van der Waals surface area (Å²) in [6, 6.07) is 9.81. The Bertz CT molecular complexity index is 1760. The summed E-state index contributed by atoms with van der Waals surface area (Å²) in [5.74, 6) is -1.88. The average molecular weight is 648 g/mol. The van der Waals surface area contributed by atoms with E-state index in [2.05, 4.69) is 10.3 Å². The number of nitrogens with zero attached hydrogens (tertiary/aromatic N) is 4. The Morgan fingerprint density at radius 1 is 1.20 bits per heavy atom. The fraction of sp³-hybridized carbons (Fsp3) is 0.364. The number of aromatic carboxylic acids is 1. The summed E-state index contributed by atoms with van der Waals surface area (Å²) in [4.78, 5) is 51.4. The molecule has 1 aromatic heterocycles. The number of aliphatic imine (C=N–C) groups is 1. The van der Waals surface area contributed by atoms with Crippen molar-refractivity contribution in [1.29, 1.82) is 0 Å². The van der Waals surface area contributed by atoms with Crippen LogP contribution in [0.15, 0.2) is 70.3 Å². The topological polar surface area (TPSA) is 145 Å². The van der Waals surface area contributed by atoms with Gasteiger partial charge in [0.25, 0.3) is 0 Å². The lowest BCUT2D eigenvalue weighted by Crippen LogP contribution is -2.60. The van der Waals surface area contributed by atoms with Crippen molar-refractivity contribution in [3.05, 3.63) is 92.8 Å². The number of carboxylic acid groups (broad SMARTS) is 1. The lowest BCUT2D eigenvalue weighted by molar-refractivity contribution is -0.143. The number of amides is 1. The molecule has 46 heavy (non-hydrogen) atoms. The van der Waals surface area contributed by atoms with Crippen molar-refractivity contribution in [3.63, 3.8) is 0 Å². The highest BCUT2D eigenvalue weighted by Gasteiger charge is 2.62. The number of thiazole rings is 1. The van der Waals surface area contributed by atoms with Crippen LogP contribution in [-0.4, -0.2) is 82.2 Å². The third-order valence-corrected chi connectivity index (χ3v) is 10.0. The number of carbonyl (C=O) groups is 3. The first-order valence-corrected chi connectivity index (χ1v) is 15.8. The number of anilines is 1. The molecule has 4 heterocycles. The van der Waals surface area contributed by atoms with Gasteiger partial charge in [0.15, 0.2) is 10.8 Å². The number of carboxylic acids is 1. The first-order chi connectivity index (χ1) is 22.0. The first-order valence-electron chi connectivity index (χ1n) is 15.0. The third-order valence-electron chi connectivity index (χ3n) is 9.25. The maximum absolute atomic E-state index is 14.8. The fourth-order valence-electron chi connectivity index (χ4n) is 6.51. The Morgan fingerprint density at radius 3 is 2.63 bits per heavy atom. The maximum Gasteiger partial charge on any atom is 0.338 e. The number of likely N-dealkylation sites (tertiary alicyclic amines) is 1. The van der Waals surface area contributed by atoms with Crippen molar-refractivity contribution < 1.29 is 33.7 Å². The third kappa shape index (κ3) is 5.37. The van der Waals surface area contributed by atoms with Gasteiger partial charge < -0.3 is 25.2 Å². The summed E-state index contributed by atoms with van der Waals surface area (Å²) in [7, 11) is 0. The molecular formula is C33H34FN5O6S. The number of halogens is 1. The number of hydrogen-bond donors (Lipinski definition) is 3. The number of nitrogens with one attached hydrogen (secondary N) is 1. The Kier molecular flexibility index (Phi) is 8.25. The molecule has 3 N–H and O–H groups in total. The van der Waals surface area contributed by atoms with Crippen LogP contribution in [0.4, 0.5) is 10.1 Å². The molecule has 1 amide bonds. The molecule has 0 spiro atoms. The minimum absolute atomic E-state index is 0.0133. The van der Waals surface area contributed by atoms with E-state index in [0.29, 0.717) is 46.3 Å². The standard InChI is InChI=1S/C33H34FN5O6S/c1-4-45-30(42)25-24(36-27(28-35-13-15-46-28)37-26(25)22-6-5-7-23(34)19(22)2)16-38-14-12-32(3)31(43)39(18-33(32,44)17-38)21-10-8-20(9-11-21)29(40)41/h5-11,13,15,26,44H,4,12,14,16-18H2,1-3H3,(H,36,37)(H,40,41)/t26-,32+,33+/m0/s1. The van der Waals surface area contributed by atoms with Crippen LogP contribution in [0.1, 0.15) is 52.8 Å². The zero-order chi connectivity index (χ0) is 32.8. The van der Waals surface area contributed by atoms with Crippen LogP contribution in [-0.2, 0) is 14.3 Å². The Balaban J connectivity index is 1.35. The van der Waals surface area contributed by atoms with Crippen molar-refractivity contribution in [2.45, 2.75) is 38.8 Å². The lowest BCUT2D eigenvalue weighted by atomic mass is 9.70. The van der Waals surface area contributed by atoms with E-state index in [-0.39, 0.29) is 43.3 Å². The Hall–Kier alpha value is -4.46. The van der Waals surface area contributed by atoms with Gasteiger partial charge in [0.05, 0.1) is 29.7 Å². The van der Waals surface area contributed by atoms with Crippen LogP contribution in [0.2, 0.25) is 0 Å². The predicted octanol–water partition coefficient (Wildman–Crippen LogP) is 3.69.